The first-order valence-corrected chi connectivity index (χ1v) is 10.1. The second kappa shape index (κ2) is 7.53. The van der Waals surface area contributed by atoms with Crippen LogP contribution < -0.4 is 10.6 Å². The van der Waals surface area contributed by atoms with Gasteiger partial charge in [0.05, 0.1) is 4.88 Å². The number of thiophene rings is 1. The van der Waals surface area contributed by atoms with Gasteiger partial charge in [0.2, 0.25) is 0 Å². The molecule has 0 aliphatic heterocycles. The van der Waals surface area contributed by atoms with E-state index >= 15 is 0 Å². The van der Waals surface area contributed by atoms with Crippen LogP contribution in [0.3, 0.4) is 0 Å². The van der Waals surface area contributed by atoms with Crippen molar-refractivity contribution in [2.45, 2.75) is 38.6 Å². The van der Waals surface area contributed by atoms with E-state index in [2.05, 4.69) is 10.6 Å². The Morgan fingerprint density at radius 2 is 1.67 bits per heavy atom. The molecule has 0 bridgehead atoms. The molecule has 3 aromatic rings. The minimum absolute atomic E-state index is 0.0415. The summed E-state index contributed by atoms with van der Waals surface area (Å²) >= 11 is 1.50. The van der Waals surface area contributed by atoms with Crippen LogP contribution in [-0.2, 0) is 0 Å². The second-order valence-electron chi connectivity index (χ2n) is 7.04. The predicted octanol–water partition coefficient (Wildman–Crippen LogP) is 5.13. The van der Waals surface area contributed by atoms with E-state index in [1.54, 1.807) is 24.3 Å². The molecule has 2 aromatic carbocycles. The second-order valence-corrected chi connectivity index (χ2v) is 8.09. The Morgan fingerprint density at radius 3 is 2.37 bits per heavy atom. The highest BCUT2D eigenvalue weighted by Gasteiger charge is 2.18. The molecule has 1 heterocycles. The fraction of sp³-hybridized carbons (Fsp3) is 0.273. The Hall–Kier alpha value is -2.66. The average molecular weight is 378 g/mol. The van der Waals surface area contributed by atoms with Gasteiger partial charge in [0.15, 0.2) is 0 Å². The predicted molar refractivity (Wildman–Crippen MR) is 111 cm³/mol. The molecular weight excluding hydrogens is 356 g/mol. The molecule has 1 aliphatic rings. The summed E-state index contributed by atoms with van der Waals surface area (Å²) in [5.74, 6) is -0.156. The molecule has 1 saturated carbocycles. The van der Waals surface area contributed by atoms with E-state index in [1.807, 2.05) is 31.2 Å². The molecule has 1 aliphatic carbocycles. The molecule has 4 nitrogen and oxygen atoms in total. The van der Waals surface area contributed by atoms with Crippen LogP contribution in [0.2, 0.25) is 0 Å². The largest absolute Gasteiger partial charge is 0.349 e. The van der Waals surface area contributed by atoms with Gasteiger partial charge in [-0.25, -0.2) is 0 Å². The van der Waals surface area contributed by atoms with Gasteiger partial charge in [-0.2, -0.15) is 0 Å². The lowest BCUT2D eigenvalue weighted by molar-refractivity contribution is 0.0937. The van der Waals surface area contributed by atoms with Crippen LogP contribution in [0.15, 0.2) is 48.5 Å². The van der Waals surface area contributed by atoms with Crippen molar-refractivity contribution >= 4 is 38.9 Å². The van der Waals surface area contributed by atoms with E-state index in [-0.39, 0.29) is 11.8 Å². The molecule has 27 heavy (non-hydrogen) atoms. The fourth-order valence-electron chi connectivity index (χ4n) is 3.62. The summed E-state index contributed by atoms with van der Waals surface area (Å²) in [6.45, 7) is 1.98. The fourth-order valence-corrected chi connectivity index (χ4v) is 4.73. The first kappa shape index (κ1) is 17.7. The van der Waals surface area contributed by atoms with Crippen LogP contribution in [0.4, 0.5) is 5.69 Å². The summed E-state index contributed by atoms with van der Waals surface area (Å²) in [6.07, 6.45) is 4.50. The van der Waals surface area contributed by atoms with Gasteiger partial charge in [-0.3, -0.25) is 9.59 Å². The van der Waals surface area contributed by atoms with Gasteiger partial charge in [0.1, 0.15) is 0 Å². The number of amides is 2. The summed E-state index contributed by atoms with van der Waals surface area (Å²) in [7, 11) is 0. The smallest absolute Gasteiger partial charge is 0.266 e. The maximum atomic E-state index is 12.7. The minimum Gasteiger partial charge on any atom is -0.349 e. The highest BCUT2D eigenvalue weighted by Crippen LogP contribution is 2.31. The van der Waals surface area contributed by atoms with Crippen molar-refractivity contribution in [2.24, 2.45) is 0 Å². The molecule has 1 fully saturated rings. The van der Waals surface area contributed by atoms with Crippen molar-refractivity contribution in [2.75, 3.05) is 5.32 Å². The normalized spacial score (nSPS) is 14.4. The SMILES string of the molecule is Cc1c(C(=O)Nc2ccc(C(=O)NC3CCCC3)cc2)sc2ccccc12. The summed E-state index contributed by atoms with van der Waals surface area (Å²) in [5, 5.41) is 7.14. The monoisotopic (exact) mass is 378 g/mol. The number of anilines is 1. The number of hydrogen-bond acceptors (Lipinski definition) is 3. The Labute approximate surface area is 162 Å². The van der Waals surface area contributed by atoms with Crippen LogP contribution in [0.5, 0.6) is 0 Å². The van der Waals surface area contributed by atoms with Crippen molar-refractivity contribution in [1.29, 1.82) is 0 Å². The van der Waals surface area contributed by atoms with Crippen LogP contribution in [0.1, 0.15) is 51.3 Å². The Kier molecular flexibility index (Phi) is 4.94. The van der Waals surface area contributed by atoms with Crippen LogP contribution in [0, 0.1) is 6.92 Å². The molecule has 0 saturated heterocycles. The topological polar surface area (TPSA) is 58.2 Å². The summed E-state index contributed by atoms with van der Waals surface area (Å²) < 4.78 is 1.11. The molecule has 0 unspecified atom stereocenters. The molecule has 1 aromatic heterocycles. The molecule has 138 valence electrons. The highest BCUT2D eigenvalue weighted by atomic mass is 32.1. The lowest BCUT2D eigenvalue weighted by Gasteiger charge is -2.12. The Balaban J connectivity index is 1.45. The Morgan fingerprint density at radius 1 is 0.963 bits per heavy atom. The molecular formula is C22H22N2O2S. The van der Waals surface area contributed by atoms with Crippen molar-refractivity contribution in [3.05, 3.63) is 64.5 Å². The maximum absolute atomic E-state index is 12.7. The molecule has 0 radical (unpaired) electrons. The zero-order chi connectivity index (χ0) is 18.8. The number of fused-ring (bicyclic) bond motifs is 1. The number of rotatable bonds is 4. The van der Waals surface area contributed by atoms with Gasteiger partial charge in [-0.15, -0.1) is 11.3 Å². The first-order chi connectivity index (χ1) is 13.1. The zero-order valence-corrected chi connectivity index (χ0v) is 16.1. The van der Waals surface area contributed by atoms with Crippen molar-refractivity contribution < 1.29 is 9.59 Å². The van der Waals surface area contributed by atoms with Gasteiger partial charge >= 0.3 is 0 Å². The lowest BCUT2D eigenvalue weighted by Crippen LogP contribution is -2.32. The quantitative estimate of drug-likeness (QED) is 0.661. The third-order valence-electron chi connectivity index (χ3n) is 5.15. The zero-order valence-electron chi connectivity index (χ0n) is 15.2. The van der Waals surface area contributed by atoms with E-state index in [0.29, 0.717) is 17.3 Å². The van der Waals surface area contributed by atoms with Gasteiger partial charge in [0, 0.05) is 22.0 Å². The van der Waals surface area contributed by atoms with Gasteiger partial charge < -0.3 is 10.6 Å². The number of aryl methyl sites for hydroxylation is 1. The summed E-state index contributed by atoms with van der Waals surface area (Å²) in [6, 6.07) is 15.4. The minimum atomic E-state index is -0.114. The molecule has 0 spiro atoms. The lowest BCUT2D eigenvalue weighted by atomic mass is 10.1. The molecule has 4 rings (SSSR count). The maximum Gasteiger partial charge on any atom is 0.266 e. The molecule has 2 amide bonds. The van der Waals surface area contributed by atoms with Crippen molar-refractivity contribution in [1.82, 2.24) is 5.32 Å². The van der Waals surface area contributed by atoms with Crippen molar-refractivity contribution in [3.8, 4) is 0 Å². The number of benzene rings is 2. The number of nitrogens with one attached hydrogen (secondary N) is 2. The standard InChI is InChI=1S/C22H22N2O2S/c1-14-18-8-4-5-9-19(18)27-20(14)22(26)24-17-12-10-15(11-13-17)21(25)23-16-6-2-3-7-16/h4-5,8-13,16H,2-3,6-7H2,1H3,(H,23,25)(H,24,26). The molecule has 5 heteroatoms. The third kappa shape index (κ3) is 3.74. The van der Waals surface area contributed by atoms with E-state index < -0.39 is 0 Å². The van der Waals surface area contributed by atoms with Gasteiger partial charge in [-0.1, -0.05) is 31.0 Å². The molecule has 0 atom stereocenters. The summed E-state index contributed by atoms with van der Waals surface area (Å²) in [5.41, 5.74) is 2.31. The Bertz CT molecular complexity index is 985. The van der Waals surface area contributed by atoms with Gasteiger partial charge in [-0.05, 0) is 61.0 Å². The van der Waals surface area contributed by atoms with Crippen LogP contribution in [0.25, 0.3) is 10.1 Å². The molecule has 2 N–H and O–H groups in total. The number of carbonyl (C=O) groups is 2. The number of carbonyl (C=O) groups excluding carboxylic acids is 2. The first-order valence-electron chi connectivity index (χ1n) is 9.32. The van der Waals surface area contributed by atoms with E-state index in [9.17, 15) is 9.59 Å². The van der Waals surface area contributed by atoms with Crippen LogP contribution >= 0.6 is 11.3 Å². The van der Waals surface area contributed by atoms with Gasteiger partial charge in [0.25, 0.3) is 11.8 Å². The van der Waals surface area contributed by atoms with Crippen molar-refractivity contribution in [3.63, 3.8) is 0 Å². The number of hydrogen-bond donors (Lipinski definition) is 2. The average Bonchev–Trinajstić information content (AvgIpc) is 3.30. The third-order valence-corrected chi connectivity index (χ3v) is 6.42. The van der Waals surface area contributed by atoms with E-state index in [1.165, 1.54) is 24.2 Å². The van der Waals surface area contributed by atoms with E-state index in [4.69, 9.17) is 0 Å². The van der Waals surface area contributed by atoms with Crippen LogP contribution in [-0.4, -0.2) is 17.9 Å². The van der Waals surface area contributed by atoms with E-state index in [0.717, 1.165) is 33.4 Å². The summed E-state index contributed by atoms with van der Waals surface area (Å²) in [4.78, 5) is 25.7. The highest BCUT2D eigenvalue weighted by molar-refractivity contribution is 7.21.